The first-order chi connectivity index (χ1) is 33.0. The Labute approximate surface area is 424 Å². The minimum atomic E-state index is -6.22. The number of nitro groups is 3. The first-order valence-electron chi connectivity index (χ1n) is 17.8. The molecule has 0 saturated heterocycles. The van der Waals surface area contributed by atoms with Crippen LogP contribution in [0.4, 0.5) is 74.9 Å². The van der Waals surface area contributed by atoms with Crippen molar-refractivity contribution in [1.29, 1.82) is 0 Å². The second-order valence-electron chi connectivity index (χ2n) is 11.9. The van der Waals surface area contributed by atoms with Crippen LogP contribution in [0.25, 0.3) is 0 Å². The van der Waals surface area contributed by atoms with Gasteiger partial charge in [0.05, 0.1) is 75.5 Å². The third-order valence-electron chi connectivity index (χ3n) is 7.17. The van der Waals surface area contributed by atoms with Crippen molar-refractivity contribution in [1.82, 2.24) is 4.98 Å². The number of anilines is 1. The Morgan fingerprint density at radius 1 is 0.622 bits per heavy atom. The number of carbonyl (C=O) groups is 1. The van der Waals surface area contributed by atoms with Gasteiger partial charge in [-0.1, -0.05) is 17.4 Å². The van der Waals surface area contributed by atoms with Gasteiger partial charge < -0.3 is 35.3 Å². The van der Waals surface area contributed by atoms with Gasteiger partial charge >= 0.3 is 40.0 Å². The van der Waals surface area contributed by atoms with Crippen molar-refractivity contribution in [2.75, 3.05) is 34.2 Å². The number of aromatic hydroxyl groups is 2. The number of hydrogen-bond acceptors (Lipinski definition) is 17. The molecule has 0 aliphatic heterocycles. The van der Waals surface area contributed by atoms with Crippen LogP contribution in [-0.2, 0) is 38.3 Å². The van der Waals surface area contributed by atoms with Crippen molar-refractivity contribution in [2.45, 2.75) is 31.2 Å². The van der Waals surface area contributed by atoms with Crippen molar-refractivity contribution >= 4 is 67.3 Å². The van der Waals surface area contributed by atoms with E-state index in [0.29, 0.717) is 41.6 Å². The number of hydrogen-bond donors (Lipinski definition) is 4. The van der Waals surface area contributed by atoms with Crippen LogP contribution in [0.5, 0.6) is 23.0 Å². The van der Waals surface area contributed by atoms with E-state index < -0.39 is 100 Å². The van der Waals surface area contributed by atoms with Crippen molar-refractivity contribution in [3.05, 3.63) is 155 Å². The second-order valence-corrected chi connectivity index (χ2v) is 14.2. The molecule has 1 aromatic heterocycles. The molecule has 1 heterocycles. The number of nitrogens with two attached hydrogens (primary N) is 1. The van der Waals surface area contributed by atoms with E-state index in [-0.39, 0.29) is 31.2 Å². The number of phenolic OH excluding ortho intramolecular Hbond substituents is 2. The summed E-state index contributed by atoms with van der Waals surface area (Å²) in [7, 11) is -2.22. The van der Waals surface area contributed by atoms with Crippen molar-refractivity contribution < 1.29 is 110 Å². The molecule has 0 radical (unpaired) electrons. The highest BCUT2D eigenvalue weighted by Crippen LogP contribution is 2.39. The molecule has 74 heavy (non-hydrogen) atoms. The molecule has 4 aromatic carbocycles. The number of pyridine rings is 1. The lowest BCUT2D eigenvalue weighted by atomic mass is 10.2. The average Bonchev–Trinajstić information content (AvgIpc) is 3.29. The quantitative estimate of drug-likeness (QED) is 0.0294. The molecule has 0 saturated carbocycles. The van der Waals surface area contributed by atoms with Gasteiger partial charge in [0.25, 0.3) is 17.1 Å². The van der Waals surface area contributed by atoms with Crippen LogP contribution in [0.2, 0.25) is 0 Å². The molecule has 0 atom stereocenters. The molecule has 0 aliphatic rings. The highest BCUT2D eigenvalue weighted by atomic mass is 79.9. The number of benzene rings is 4. The van der Waals surface area contributed by atoms with E-state index in [0.717, 1.165) is 44.6 Å². The highest BCUT2D eigenvalue weighted by Gasteiger charge is 2.55. The van der Waals surface area contributed by atoms with Crippen molar-refractivity contribution in [3.8, 4) is 23.0 Å². The van der Waals surface area contributed by atoms with Gasteiger partial charge in [0, 0.05) is 49.5 Å². The molecule has 0 spiro atoms. The highest BCUT2D eigenvalue weighted by molar-refractivity contribution is 9.10. The number of halogens is 14. The van der Waals surface area contributed by atoms with E-state index in [1.807, 2.05) is 18.2 Å². The van der Waals surface area contributed by atoms with Crippen LogP contribution in [0, 0.1) is 30.3 Å². The van der Waals surface area contributed by atoms with Crippen LogP contribution in [0.15, 0.2) is 108 Å². The number of non-ortho nitro benzene ring substituents is 3. The van der Waals surface area contributed by atoms with Crippen LogP contribution in [0.3, 0.4) is 0 Å². The number of phenols is 2. The number of nitrogen functional groups attached to an aromatic ring is 1. The Bertz CT molecular complexity index is 2650. The molecule has 0 amide bonds. The van der Waals surface area contributed by atoms with E-state index >= 15 is 0 Å². The average molecular weight is 1190 g/mol. The van der Waals surface area contributed by atoms with Crippen LogP contribution < -0.4 is 15.2 Å². The lowest BCUT2D eigenvalue weighted by molar-refractivity contribution is -0.385. The Hall–Kier alpha value is -7.46. The van der Waals surface area contributed by atoms with Gasteiger partial charge in [0.2, 0.25) is 0 Å². The standard InChI is InChI=1S/C8H6F3NO3.C7H6BrNO3.C7H4F3NO3.C7H6F3NO.C5H5N.C3H3F3O4S.CH4O.CH4.ClH/c1-15-7-4-5(12(13)14)2-3-6(7)8(9,10)11;1-12-7-4-5(9(10)11)2-3-6(7)8;8-7(9,10)5-2-1-4(11(13)14)3-6(5)12;8-7(9,10)5-2-1-4(11)3-6(5)12;1-2-4-6-5-3-1;1-10-2(7)3(4,5)11(6,8)9;1-2;;/h2-4H,1H3;2-4H,1H3;1-3,12H;1-3,12H,11H2;1-5H;1H3;2H,1H3;1H4;1H. The number of esters is 1. The summed E-state index contributed by atoms with van der Waals surface area (Å²) in [6.07, 6.45) is -10.3. The predicted octanol–water partition coefficient (Wildman–Crippen LogP) is 11.1. The summed E-state index contributed by atoms with van der Waals surface area (Å²) in [6, 6.07) is 16.5. The summed E-state index contributed by atoms with van der Waals surface area (Å²) in [6.45, 7) is 0. The number of alkyl halides is 11. The van der Waals surface area contributed by atoms with Crippen molar-refractivity contribution in [2.24, 2.45) is 0 Å². The third kappa shape index (κ3) is 25.3. The van der Waals surface area contributed by atoms with Crippen LogP contribution >= 0.6 is 28.3 Å². The smallest absolute Gasteiger partial charge is 0.470 e. The maximum Gasteiger partial charge on any atom is 0.470 e. The molecule has 0 bridgehead atoms. The minimum Gasteiger partial charge on any atom is -0.507 e. The molecule has 5 N–H and O–H groups in total. The van der Waals surface area contributed by atoms with E-state index in [2.05, 4.69) is 30.4 Å². The number of methoxy groups -OCH3 is 3. The van der Waals surface area contributed by atoms with Crippen LogP contribution in [-0.4, -0.2) is 83.2 Å². The van der Waals surface area contributed by atoms with Gasteiger partial charge in [-0.05, 0) is 58.4 Å². The fourth-order valence-corrected chi connectivity index (χ4v) is 4.67. The monoisotopic (exact) mass is 1190 g/mol. The normalized spacial score (nSPS) is 10.5. The maximum absolute atomic E-state index is 12.3. The maximum atomic E-state index is 12.3. The molecule has 414 valence electrons. The van der Waals surface area contributed by atoms with Gasteiger partial charge in [-0.15, -0.1) is 12.4 Å². The zero-order chi connectivity index (χ0) is 56.6. The molecule has 35 heteroatoms. The molecule has 0 fully saturated rings. The predicted molar refractivity (Wildman–Crippen MR) is 243 cm³/mol. The molecule has 5 aromatic rings. The molecule has 0 aliphatic carbocycles. The second kappa shape index (κ2) is 32.6. The Morgan fingerprint density at radius 2 is 0.973 bits per heavy atom. The zero-order valence-corrected chi connectivity index (χ0v) is 39.9. The first-order valence-corrected chi connectivity index (χ1v) is 19.9. The number of carbonyl (C=O) groups excluding carboxylic acids is 1. The lowest BCUT2D eigenvalue weighted by Crippen LogP contribution is -2.36. The summed E-state index contributed by atoms with van der Waals surface area (Å²) in [5, 5.41) is 50.3. The van der Waals surface area contributed by atoms with E-state index in [1.54, 1.807) is 18.5 Å². The van der Waals surface area contributed by atoms with Crippen molar-refractivity contribution in [3.63, 3.8) is 0 Å². The third-order valence-corrected chi connectivity index (χ3v) is 8.60. The number of nitro benzene ring substituents is 3. The Kier molecular flexibility index (Phi) is 32.2. The summed E-state index contributed by atoms with van der Waals surface area (Å²) in [5.74, 6) is -4.53. The van der Waals surface area contributed by atoms with Gasteiger partial charge in [-0.2, -0.15) is 56.7 Å². The number of nitrogens with zero attached hydrogens (tertiary/aromatic N) is 4. The number of ether oxygens (including phenoxy) is 3. The molecule has 20 nitrogen and oxygen atoms in total. The zero-order valence-electron chi connectivity index (χ0n) is 36.7. The summed E-state index contributed by atoms with van der Waals surface area (Å²) < 4.78 is 177. The van der Waals surface area contributed by atoms with Gasteiger partial charge in [0.15, 0.2) is 0 Å². The molecule has 5 rings (SSSR count). The van der Waals surface area contributed by atoms with E-state index in [4.69, 9.17) is 25.8 Å². The number of aromatic nitrogens is 1. The minimum absolute atomic E-state index is 0. The summed E-state index contributed by atoms with van der Waals surface area (Å²) >= 11 is 3.19. The fourth-order valence-electron chi connectivity index (χ4n) is 3.98. The van der Waals surface area contributed by atoms with E-state index in [1.165, 1.54) is 19.2 Å². The SMILES string of the molecule is C.CO.COC(=O)C(F)(F)S(=O)(=O)F.COc1cc([N+](=O)[O-])ccc1Br.COc1cc([N+](=O)[O-])ccc1C(F)(F)F.Cl.Nc1ccc(C(F)(F)F)c(O)c1.O=[N+]([O-])c1ccc(C(F)(F)F)c(O)c1.c1ccncc1. The number of aliphatic hydroxyl groups excluding tert-OH is 1. The number of aliphatic hydroxyl groups is 1. The topological polar surface area (TPSA) is 308 Å². The summed E-state index contributed by atoms with van der Waals surface area (Å²) in [4.78, 5) is 42.3. The lowest BCUT2D eigenvalue weighted by Gasteiger charge is -2.10. The first kappa shape index (κ1) is 73.1. The van der Waals surface area contributed by atoms with E-state index in [9.17, 15) is 95.7 Å². The van der Waals surface area contributed by atoms with Crippen LogP contribution in [0.1, 0.15) is 24.1 Å². The number of rotatable bonds is 7. The van der Waals surface area contributed by atoms with Gasteiger partial charge in [-0.25, -0.2) is 4.79 Å². The molecular weight excluding hydrogens is 1150 g/mol. The Balaban J connectivity index is -0.000000397. The molecule has 0 unspecified atom stereocenters. The summed E-state index contributed by atoms with van der Waals surface area (Å²) in [5.41, 5.74) is 0.839. The molecular formula is C39H39BrClF12N5O15S. The van der Waals surface area contributed by atoms with Gasteiger partial charge in [-0.3, -0.25) is 35.3 Å². The largest absolute Gasteiger partial charge is 0.507 e. The Morgan fingerprint density at radius 3 is 1.26 bits per heavy atom. The fraction of sp³-hybridized carbons (Fsp3) is 0.231. The van der Waals surface area contributed by atoms with Gasteiger partial charge in [0.1, 0.15) is 23.0 Å².